The van der Waals surface area contributed by atoms with Crippen LogP contribution in [0.3, 0.4) is 0 Å². The molecule has 1 aliphatic rings. The van der Waals surface area contributed by atoms with Gasteiger partial charge in [-0.1, -0.05) is 78.4 Å². The Bertz CT molecular complexity index is 1010. The summed E-state index contributed by atoms with van der Waals surface area (Å²) in [6.45, 7) is 0.469. The van der Waals surface area contributed by atoms with Gasteiger partial charge >= 0.3 is 0 Å². The van der Waals surface area contributed by atoms with E-state index in [1.807, 2.05) is 12.1 Å². The standard InChI is InChI=1S/C24H20ClNO/c25-23-11-4-3-9-22(23)24(27)26-16-17-12-14-19(15-13-17)21-10-5-7-18-6-1-2-8-20(18)21/h2-5,7-15H,1,6,16H2,(H,26,27). The quantitative estimate of drug-likeness (QED) is 0.606. The SMILES string of the molecule is O=C(NCc1ccc(-c2cccc3c2C=CCC3)cc1)c1ccccc1Cl. The van der Waals surface area contributed by atoms with Gasteiger partial charge in [0.2, 0.25) is 0 Å². The molecule has 0 heterocycles. The van der Waals surface area contributed by atoms with E-state index in [2.05, 4.69) is 59.9 Å². The number of carbonyl (C=O) groups excluding carboxylic acids is 1. The number of halogens is 1. The Balaban J connectivity index is 1.48. The highest BCUT2D eigenvalue weighted by molar-refractivity contribution is 6.33. The van der Waals surface area contributed by atoms with Crippen LogP contribution in [0.2, 0.25) is 5.02 Å². The largest absolute Gasteiger partial charge is 0.348 e. The van der Waals surface area contributed by atoms with Crippen molar-refractivity contribution in [2.24, 2.45) is 0 Å². The first-order chi connectivity index (χ1) is 13.2. The van der Waals surface area contributed by atoms with Crippen molar-refractivity contribution in [3.05, 3.63) is 100 Å². The van der Waals surface area contributed by atoms with Gasteiger partial charge in [0.15, 0.2) is 0 Å². The Morgan fingerprint density at radius 2 is 1.78 bits per heavy atom. The van der Waals surface area contributed by atoms with Gasteiger partial charge in [0.05, 0.1) is 10.6 Å². The predicted molar refractivity (Wildman–Crippen MR) is 112 cm³/mol. The number of rotatable bonds is 4. The maximum absolute atomic E-state index is 12.3. The molecule has 27 heavy (non-hydrogen) atoms. The molecule has 1 amide bonds. The van der Waals surface area contributed by atoms with Gasteiger partial charge in [0.25, 0.3) is 5.91 Å². The Morgan fingerprint density at radius 1 is 0.963 bits per heavy atom. The highest BCUT2D eigenvalue weighted by Gasteiger charge is 2.11. The minimum atomic E-state index is -0.160. The summed E-state index contributed by atoms with van der Waals surface area (Å²) in [5.41, 5.74) is 6.74. The number of hydrogen-bond acceptors (Lipinski definition) is 1. The third kappa shape index (κ3) is 3.81. The van der Waals surface area contributed by atoms with Gasteiger partial charge in [0, 0.05) is 6.54 Å². The molecule has 4 rings (SSSR count). The number of hydrogen-bond donors (Lipinski definition) is 1. The number of allylic oxidation sites excluding steroid dienone is 1. The first kappa shape index (κ1) is 17.6. The van der Waals surface area contributed by atoms with Crippen molar-refractivity contribution in [1.29, 1.82) is 0 Å². The normalized spacial score (nSPS) is 12.5. The van der Waals surface area contributed by atoms with Crippen LogP contribution >= 0.6 is 11.6 Å². The third-order valence-corrected chi connectivity index (χ3v) is 5.23. The zero-order valence-electron chi connectivity index (χ0n) is 14.9. The smallest absolute Gasteiger partial charge is 0.253 e. The van der Waals surface area contributed by atoms with Gasteiger partial charge < -0.3 is 5.32 Å². The molecule has 0 saturated carbocycles. The lowest BCUT2D eigenvalue weighted by molar-refractivity contribution is 0.0951. The van der Waals surface area contributed by atoms with Crippen molar-refractivity contribution in [3.63, 3.8) is 0 Å². The second-order valence-corrected chi connectivity index (χ2v) is 7.09. The summed E-state index contributed by atoms with van der Waals surface area (Å²) in [6.07, 6.45) is 6.68. The van der Waals surface area contributed by atoms with Crippen LogP contribution in [0.4, 0.5) is 0 Å². The van der Waals surface area contributed by atoms with E-state index in [0.717, 1.165) is 18.4 Å². The predicted octanol–water partition coefficient (Wildman–Crippen LogP) is 5.90. The first-order valence-electron chi connectivity index (χ1n) is 9.13. The fraction of sp³-hybridized carbons (Fsp3) is 0.125. The van der Waals surface area contributed by atoms with E-state index in [-0.39, 0.29) is 5.91 Å². The molecule has 3 aromatic carbocycles. The molecule has 0 fully saturated rings. The Morgan fingerprint density at radius 3 is 2.59 bits per heavy atom. The second kappa shape index (κ2) is 7.81. The number of nitrogens with one attached hydrogen (secondary N) is 1. The van der Waals surface area contributed by atoms with Crippen LogP contribution in [0.5, 0.6) is 0 Å². The minimum absolute atomic E-state index is 0.160. The molecule has 0 spiro atoms. The average Bonchev–Trinajstić information content (AvgIpc) is 2.72. The summed E-state index contributed by atoms with van der Waals surface area (Å²) in [5.74, 6) is -0.160. The summed E-state index contributed by atoms with van der Waals surface area (Å²) in [4.78, 5) is 12.3. The van der Waals surface area contributed by atoms with Crippen molar-refractivity contribution in [3.8, 4) is 11.1 Å². The van der Waals surface area contributed by atoms with Crippen LogP contribution < -0.4 is 5.32 Å². The molecule has 3 aromatic rings. The van der Waals surface area contributed by atoms with E-state index in [0.29, 0.717) is 17.1 Å². The lowest BCUT2D eigenvalue weighted by Gasteiger charge is -2.15. The van der Waals surface area contributed by atoms with E-state index in [1.54, 1.807) is 12.1 Å². The van der Waals surface area contributed by atoms with Gasteiger partial charge in [-0.2, -0.15) is 0 Å². The Labute approximate surface area is 164 Å². The van der Waals surface area contributed by atoms with Crippen molar-refractivity contribution in [1.82, 2.24) is 5.32 Å². The molecule has 134 valence electrons. The fourth-order valence-electron chi connectivity index (χ4n) is 3.44. The zero-order chi connectivity index (χ0) is 18.6. The van der Waals surface area contributed by atoms with E-state index < -0.39 is 0 Å². The highest BCUT2D eigenvalue weighted by Crippen LogP contribution is 2.30. The van der Waals surface area contributed by atoms with Crippen molar-refractivity contribution < 1.29 is 4.79 Å². The summed E-state index contributed by atoms with van der Waals surface area (Å²) >= 11 is 6.08. The first-order valence-corrected chi connectivity index (χ1v) is 9.50. The Hall–Kier alpha value is -2.84. The summed E-state index contributed by atoms with van der Waals surface area (Å²) in [7, 11) is 0. The zero-order valence-corrected chi connectivity index (χ0v) is 15.7. The lowest BCUT2D eigenvalue weighted by Crippen LogP contribution is -2.23. The van der Waals surface area contributed by atoms with Crippen molar-refractivity contribution >= 4 is 23.6 Å². The molecule has 0 saturated heterocycles. The van der Waals surface area contributed by atoms with E-state index in [4.69, 9.17) is 11.6 Å². The van der Waals surface area contributed by atoms with Gasteiger partial charge in [-0.15, -0.1) is 0 Å². The van der Waals surface area contributed by atoms with Crippen LogP contribution in [-0.2, 0) is 13.0 Å². The molecular weight excluding hydrogens is 354 g/mol. The van der Waals surface area contributed by atoms with Crippen LogP contribution in [0.15, 0.2) is 72.8 Å². The summed E-state index contributed by atoms with van der Waals surface area (Å²) in [5, 5.41) is 3.40. The van der Waals surface area contributed by atoms with E-state index in [1.165, 1.54) is 22.3 Å². The van der Waals surface area contributed by atoms with Gasteiger partial charge in [-0.05, 0) is 52.8 Å². The van der Waals surface area contributed by atoms with Gasteiger partial charge in [-0.3, -0.25) is 4.79 Å². The Kier molecular flexibility index (Phi) is 5.08. The number of benzene rings is 3. The van der Waals surface area contributed by atoms with Gasteiger partial charge in [0.1, 0.15) is 0 Å². The van der Waals surface area contributed by atoms with Crippen LogP contribution in [0.1, 0.15) is 33.5 Å². The molecule has 1 aliphatic carbocycles. The van der Waals surface area contributed by atoms with Crippen molar-refractivity contribution in [2.75, 3.05) is 0 Å². The number of aryl methyl sites for hydroxylation is 1. The molecular formula is C24H20ClNO. The molecule has 0 unspecified atom stereocenters. The van der Waals surface area contributed by atoms with Crippen LogP contribution in [-0.4, -0.2) is 5.91 Å². The molecule has 2 nitrogen and oxygen atoms in total. The summed E-state index contributed by atoms with van der Waals surface area (Å²) < 4.78 is 0. The molecule has 0 aromatic heterocycles. The maximum atomic E-state index is 12.3. The summed E-state index contributed by atoms with van der Waals surface area (Å²) in [6, 6.07) is 22.0. The van der Waals surface area contributed by atoms with E-state index >= 15 is 0 Å². The van der Waals surface area contributed by atoms with Crippen LogP contribution in [0, 0.1) is 0 Å². The minimum Gasteiger partial charge on any atom is -0.348 e. The second-order valence-electron chi connectivity index (χ2n) is 6.68. The molecule has 3 heteroatoms. The van der Waals surface area contributed by atoms with Crippen LogP contribution in [0.25, 0.3) is 17.2 Å². The number of fused-ring (bicyclic) bond motifs is 1. The number of amides is 1. The monoisotopic (exact) mass is 373 g/mol. The molecule has 0 atom stereocenters. The number of carbonyl (C=O) groups is 1. The average molecular weight is 374 g/mol. The lowest BCUT2D eigenvalue weighted by atomic mass is 9.90. The third-order valence-electron chi connectivity index (χ3n) is 4.90. The van der Waals surface area contributed by atoms with Crippen molar-refractivity contribution in [2.45, 2.75) is 19.4 Å². The van der Waals surface area contributed by atoms with Gasteiger partial charge in [-0.25, -0.2) is 0 Å². The fourth-order valence-corrected chi connectivity index (χ4v) is 3.67. The molecule has 0 radical (unpaired) electrons. The highest BCUT2D eigenvalue weighted by atomic mass is 35.5. The van der Waals surface area contributed by atoms with E-state index in [9.17, 15) is 4.79 Å². The topological polar surface area (TPSA) is 29.1 Å². The molecule has 0 aliphatic heterocycles. The molecule has 1 N–H and O–H groups in total. The maximum Gasteiger partial charge on any atom is 0.253 e. The molecule has 0 bridgehead atoms.